The molecule has 10 heteroatoms. The number of phosphoric ester groups is 1. The van der Waals surface area contributed by atoms with Crippen molar-refractivity contribution in [3.8, 4) is 0 Å². The van der Waals surface area contributed by atoms with E-state index in [1.807, 2.05) is 0 Å². The fourth-order valence-electron chi connectivity index (χ4n) is 8.46. The highest BCUT2D eigenvalue weighted by Crippen LogP contribution is 2.43. The Morgan fingerprint density at radius 1 is 0.353 bits per heavy atom. The summed E-state index contributed by atoms with van der Waals surface area (Å²) in [5, 5.41) is 0. The summed E-state index contributed by atoms with van der Waals surface area (Å²) < 4.78 is 33.1. The summed E-state index contributed by atoms with van der Waals surface area (Å²) in [7, 11) is -4.41. The predicted molar refractivity (Wildman–Crippen MR) is 366 cm³/mol. The standard InChI is InChI=1S/C75H120NO8P/c1-3-5-7-9-11-13-15-17-19-21-23-25-27-29-31-33-35-36-38-39-41-43-45-47-49-51-53-55-57-59-61-63-65-67-74(77)81-71-73(72-83-85(79,80)82-70-69-76)84-75(78)68-66-64-62-60-58-56-54-52-50-48-46-44-42-40-37-34-32-30-28-26-24-22-20-18-16-14-12-10-8-6-4-2/h5-8,11-14,17-20,23-26,29-32,35-37,39-41,44,46,50,52,73H,3-4,9-10,15-16,21-22,27-28,33-34,38,42-43,45,47-49,51,53-72,76H2,1-2H3,(H,79,80)/b7-5-,8-6-,13-11-,14-12-,19-17-,20-18-,25-23-,26-24-,31-29-,32-30-,36-35-,40-37-,41-39-,46-44-,52-50-. The van der Waals surface area contributed by atoms with Gasteiger partial charge < -0.3 is 20.1 Å². The van der Waals surface area contributed by atoms with Crippen LogP contribution in [0.25, 0.3) is 0 Å². The molecule has 3 N–H and O–H groups in total. The zero-order valence-corrected chi connectivity index (χ0v) is 54.4. The Hall–Kier alpha value is -4.89. The minimum absolute atomic E-state index is 0.0406. The summed E-state index contributed by atoms with van der Waals surface area (Å²) in [6, 6.07) is 0. The quantitative estimate of drug-likeness (QED) is 0.0264. The molecule has 0 aliphatic rings. The van der Waals surface area contributed by atoms with E-state index >= 15 is 0 Å². The number of hydrogen-bond donors (Lipinski definition) is 2. The summed E-state index contributed by atoms with van der Waals surface area (Å²) in [5.41, 5.74) is 5.39. The summed E-state index contributed by atoms with van der Waals surface area (Å²) >= 11 is 0. The Bertz CT molecular complexity index is 2040. The fourth-order valence-corrected chi connectivity index (χ4v) is 9.22. The first kappa shape index (κ1) is 80.1. The lowest BCUT2D eigenvalue weighted by Crippen LogP contribution is -2.29. The smallest absolute Gasteiger partial charge is 0.462 e. The lowest BCUT2D eigenvalue weighted by atomic mass is 10.0. The maximum atomic E-state index is 12.8. The maximum Gasteiger partial charge on any atom is 0.472 e. The maximum absolute atomic E-state index is 12.8. The molecule has 0 aromatic carbocycles. The molecule has 0 fully saturated rings. The van der Waals surface area contributed by atoms with Crippen LogP contribution >= 0.6 is 7.82 Å². The van der Waals surface area contributed by atoms with Crippen LogP contribution in [-0.4, -0.2) is 49.3 Å². The first-order chi connectivity index (χ1) is 41.8. The van der Waals surface area contributed by atoms with Crippen LogP contribution in [0.5, 0.6) is 0 Å². The molecule has 0 saturated carbocycles. The van der Waals surface area contributed by atoms with E-state index in [-0.39, 0.29) is 32.6 Å². The highest BCUT2D eigenvalue weighted by atomic mass is 31.2. The Morgan fingerprint density at radius 2 is 0.612 bits per heavy atom. The van der Waals surface area contributed by atoms with Crippen LogP contribution in [0.1, 0.15) is 245 Å². The minimum Gasteiger partial charge on any atom is -0.462 e. The second-order valence-corrected chi connectivity index (χ2v) is 22.7. The molecule has 0 aromatic heterocycles. The SMILES string of the molecule is CC/C=C\C/C=C\C/C=C\C/C=C\C/C=C\C/C=C\C/C=C\C/C=C\CCCCCCCCC(=O)OC(COC(=O)CCCCCCCCCCCCC/C=C\C/C=C\C/C=C\C/C=C\C/C=C\C/C=C\C/C=C\CC)COP(=O)(O)OCCN. The van der Waals surface area contributed by atoms with Crippen molar-refractivity contribution in [1.82, 2.24) is 0 Å². The molecule has 0 bridgehead atoms. The fraction of sp³-hybridized carbons (Fsp3) is 0.573. The molecule has 478 valence electrons. The molecular weight excluding hydrogens is 1070 g/mol. The van der Waals surface area contributed by atoms with E-state index in [1.165, 1.54) is 44.9 Å². The molecule has 2 unspecified atom stereocenters. The Balaban J connectivity index is 4.03. The van der Waals surface area contributed by atoms with E-state index in [1.54, 1.807) is 0 Å². The van der Waals surface area contributed by atoms with Crippen molar-refractivity contribution in [1.29, 1.82) is 0 Å². The summed E-state index contributed by atoms with van der Waals surface area (Å²) in [4.78, 5) is 35.3. The van der Waals surface area contributed by atoms with E-state index in [0.29, 0.717) is 6.42 Å². The number of unbranched alkanes of at least 4 members (excludes halogenated alkanes) is 17. The first-order valence-corrected chi connectivity index (χ1v) is 34.8. The average Bonchev–Trinajstić information content (AvgIpc) is 3.52. The Labute approximate surface area is 520 Å². The van der Waals surface area contributed by atoms with Crippen molar-refractivity contribution >= 4 is 19.8 Å². The summed E-state index contributed by atoms with van der Waals surface area (Å²) in [5.74, 6) is -0.860. The van der Waals surface area contributed by atoms with Crippen molar-refractivity contribution in [2.45, 2.75) is 251 Å². The van der Waals surface area contributed by atoms with E-state index < -0.39 is 32.5 Å². The molecule has 0 heterocycles. The van der Waals surface area contributed by atoms with Gasteiger partial charge in [0.25, 0.3) is 0 Å². The normalized spacial score (nSPS) is 14.2. The zero-order chi connectivity index (χ0) is 61.6. The molecule has 9 nitrogen and oxygen atoms in total. The second kappa shape index (κ2) is 68.2. The molecular formula is C75H120NO8P. The van der Waals surface area contributed by atoms with Crippen LogP contribution in [0.4, 0.5) is 0 Å². The van der Waals surface area contributed by atoms with Crippen LogP contribution in [0.3, 0.4) is 0 Å². The van der Waals surface area contributed by atoms with E-state index in [9.17, 15) is 19.0 Å². The van der Waals surface area contributed by atoms with Crippen LogP contribution in [-0.2, 0) is 32.7 Å². The third-order valence-corrected chi connectivity index (χ3v) is 14.3. The average molecular weight is 1190 g/mol. The van der Waals surface area contributed by atoms with Crippen molar-refractivity contribution in [2.75, 3.05) is 26.4 Å². The number of esters is 2. The van der Waals surface area contributed by atoms with Gasteiger partial charge >= 0.3 is 19.8 Å². The van der Waals surface area contributed by atoms with Gasteiger partial charge in [-0.25, -0.2) is 4.57 Å². The number of allylic oxidation sites excluding steroid dienone is 30. The molecule has 2 atom stereocenters. The molecule has 85 heavy (non-hydrogen) atoms. The van der Waals surface area contributed by atoms with Crippen molar-refractivity contribution in [3.05, 3.63) is 182 Å². The number of carbonyl (C=O) groups is 2. The van der Waals surface area contributed by atoms with Gasteiger partial charge in [0.05, 0.1) is 13.2 Å². The van der Waals surface area contributed by atoms with Crippen molar-refractivity contribution < 1.29 is 37.6 Å². The number of carbonyl (C=O) groups excluding carboxylic acids is 2. The highest BCUT2D eigenvalue weighted by molar-refractivity contribution is 7.47. The topological polar surface area (TPSA) is 134 Å². The van der Waals surface area contributed by atoms with Gasteiger partial charge in [-0.2, -0.15) is 0 Å². The van der Waals surface area contributed by atoms with Crippen LogP contribution in [0.15, 0.2) is 182 Å². The number of ether oxygens (including phenoxy) is 2. The number of phosphoric acid groups is 1. The highest BCUT2D eigenvalue weighted by Gasteiger charge is 2.26. The molecule has 0 spiro atoms. The molecule has 0 radical (unpaired) electrons. The van der Waals surface area contributed by atoms with Gasteiger partial charge in [-0.1, -0.05) is 280 Å². The second-order valence-electron chi connectivity index (χ2n) is 21.2. The lowest BCUT2D eigenvalue weighted by Gasteiger charge is -2.19. The van der Waals surface area contributed by atoms with Gasteiger partial charge in [-0.3, -0.25) is 18.6 Å². The van der Waals surface area contributed by atoms with Crippen LogP contribution in [0.2, 0.25) is 0 Å². The van der Waals surface area contributed by atoms with Crippen LogP contribution in [0, 0.1) is 0 Å². The first-order valence-electron chi connectivity index (χ1n) is 33.3. The Kier molecular flexibility index (Phi) is 64.3. The number of rotatable bonds is 60. The third-order valence-electron chi connectivity index (χ3n) is 13.3. The van der Waals surface area contributed by atoms with E-state index in [0.717, 1.165) is 167 Å². The molecule has 0 rings (SSSR count). The molecule has 0 aromatic rings. The van der Waals surface area contributed by atoms with Gasteiger partial charge in [0.1, 0.15) is 6.61 Å². The van der Waals surface area contributed by atoms with Gasteiger partial charge in [-0.05, 0) is 135 Å². The van der Waals surface area contributed by atoms with E-state index in [2.05, 4.69) is 196 Å². The monoisotopic (exact) mass is 1190 g/mol. The van der Waals surface area contributed by atoms with Gasteiger partial charge in [-0.15, -0.1) is 0 Å². The number of nitrogens with two attached hydrogens (primary N) is 1. The molecule has 0 amide bonds. The molecule has 0 aliphatic heterocycles. The zero-order valence-electron chi connectivity index (χ0n) is 53.5. The summed E-state index contributed by atoms with van der Waals surface area (Å²) in [6.07, 6.45) is 102. The summed E-state index contributed by atoms with van der Waals surface area (Å²) in [6.45, 7) is 3.48. The van der Waals surface area contributed by atoms with Gasteiger partial charge in [0.15, 0.2) is 6.10 Å². The Morgan fingerprint density at radius 3 is 0.906 bits per heavy atom. The predicted octanol–water partition coefficient (Wildman–Crippen LogP) is 22.0. The van der Waals surface area contributed by atoms with Crippen molar-refractivity contribution in [3.63, 3.8) is 0 Å². The van der Waals surface area contributed by atoms with Crippen molar-refractivity contribution in [2.24, 2.45) is 5.73 Å². The molecule has 0 saturated heterocycles. The molecule has 0 aliphatic carbocycles. The third kappa shape index (κ3) is 68.1. The van der Waals surface area contributed by atoms with E-state index in [4.69, 9.17) is 24.3 Å². The number of hydrogen-bond acceptors (Lipinski definition) is 8. The largest absolute Gasteiger partial charge is 0.472 e. The van der Waals surface area contributed by atoms with Gasteiger partial charge in [0.2, 0.25) is 0 Å². The lowest BCUT2D eigenvalue weighted by molar-refractivity contribution is -0.161. The van der Waals surface area contributed by atoms with Crippen LogP contribution < -0.4 is 5.73 Å². The van der Waals surface area contributed by atoms with Gasteiger partial charge in [0, 0.05) is 19.4 Å². The minimum atomic E-state index is -4.41.